The summed E-state index contributed by atoms with van der Waals surface area (Å²) in [6.45, 7) is 0.643. The molecular weight excluding hydrogens is 252 g/mol. The molecule has 0 aromatic carbocycles. The van der Waals surface area contributed by atoms with Gasteiger partial charge in [-0.15, -0.1) is 0 Å². The minimum absolute atomic E-state index is 0.200. The van der Waals surface area contributed by atoms with Crippen LogP contribution in [0.15, 0.2) is 17.0 Å². The van der Waals surface area contributed by atoms with Gasteiger partial charge in [0.1, 0.15) is 18.8 Å². The Morgan fingerprint density at radius 1 is 1.71 bits per heavy atom. The van der Waals surface area contributed by atoms with Crippen LogP contribution >= 0.6 is 15.9 Å². The van der Waals surface area contributed by atoms with E-state index in [1.165, 1.54) is 6.33 Å². The van der Waals surface area contributed by atoms with Crippen LogP contribution in [0.4, 0.5) is 10.6 Å². The molecule has 3 N–H and O–H groups in total. The summed E-state index contributed by atoms with van der Waals surface area (Å²) in [7, 11) is 0. The lowest BCUT2D eigenvalue weighted by molar-refractivity contribution is 0.161. The third-order valence-electron chi connectivity index (χ3n) is 1.31. The van der Waals surface area contributed by atoms with Gasteiger partial charge in [-0.2, -0.15) is 0 Å². The molecule has 0 bridgehead atoms. The zero-order chi connectivity index (χ0) is 10.4. The number of nitrogens with one attached hydrogen (secondary N) is 1. The average Bonchev–Trinajstić information content (AvgIpc) is 2.15. The van der Waals surface area contributed by atoms with Gasteiger partial charge in [0.15, 0.2) is 0 Å². The number of amides is 1. The molecule has 1 amide bonds. The van der Waals surface area contributed by atoms with Crippen LogP contribution < -0.4 is 11.1 Å². The molecule has 0 fully saturated rings. The van der Waals surface area contributed by atoms with E-state index in [0.717, 1.165) is 4.47 Å². The van der Waals surface area contributed by atoms with E-state index >= 15 is 0 Å². The SMILES string of the molecule is NC(=O)OCCNc1ncncc1Br. The van der Waals surface area contributed by atoms with Crippen molar-refractivity contribution in [2.45, 2.75) is 0 Å². The molecular formula is C7H9BrN4O2. The molecule has 0 unspecified atom stereocenters. The summed E-state index contributed by atoms with van der Waals surface area (Å²) in [6, 6.07) is 0. The highest BCUT2D eigenvalue weighted by molar-refractivity contribution is 9.10. The molecule has 0 spiro atoms. The Morgan fingerprint density at radius 3 is 3.14 bits per heavy atom. The van der Waals surface area contributed by atoms with Gasteiger partial charge in [0.05, 0.1) is 11.0 Å². The van der Waals surface area contributed by atoms with Crippen molar-refractivity contribution in [1.29, 1.82) is 0 Å². The van der Waals surface area contributed by atoms with Crippen LogP contribution in [0.1, 0.15) is 0 Å². The Labute approximate surface area is 89.0 Å². The van der Waals surface area contributed by atoms with Crippen molar-refractivity contribution in [3.8, 4) is 0 Å². The number of carbonyl (C=O) groups excluding carboxylic acids is 1. The summed E-state index contributed by atoms with van der Waals surface area (Å²) in [5.74, 6) is 0.646. The number of aromatic nitrogens is 2. The first-order valence-electron chi connectivity index (χ1n) is 3.82. The van der Waals surface area contributed by atoms with Gasteiger partial charge in [-0.25, -0.2) is 14.8 Å². The molecule has 0 aliphatic heterocycles. The molecule has 1 aromatic rings. The lowest BCUT2D eigenvalue weighted by Crippen LogP contribution is -2.18. The number of hydrogen-bond donors (Lipinski definition) is 2. The number of anilines is 1. The predicted octanol–water partition coefficient (Wildman–Crippen LogP) is 0.746. The van der Waals surface area contributed by atoms with E-state index < -0.39 is 6.09 Å². The minimum Gasteiger partial charge on any atom is -0.448 e. The van der Waals surface area contributed by atoms with Crippen LogP contribution in [0, 0.1) is 0 Å². The van der Waals surface area contributed by atoms with Gasteiger partial charge in [0.25, 0.3) is 0 Å². The maximum Gasteiger partial charge on any atom is 0.404 e. The van der Waals surface area contributed by atoms with Gasteiger partial charge in [0, 0.05) is 6.20 Å². The fourth-order valence-corrected chi connectivity index (χ4v) is 1.12. The Balaban J connectivity index is 2.31. The minimum atomic E-state index is -0.784. The molecule has 76 valence electrons. The molecule has 0 saturated heterocycles. The molecule has 0 atom stereocenters. The second kappa shape index (κ2) is 5.38. The quantitative estimate of drug-likeness (QED) is 0.780. The molecule has 0 aliphatic rings. The van der Waals surface area contributed by atoms with Gasteiger partial charge in [-0.1, -0.05) is 0 Å². The topological polar surface area (TPSA) is 90.1 Å². The highest BCUT2D eigenvalue weighted by atomic mass is 79.9. The molecule has 7 heteroatoms. The molecule has 0 radical (unpaired) electrons. The van der Waals surface area contributed by atoms with Crippen LogP contribution in [0.3, 0.4) is 0 Å². The Morgan fingerprint density at radius 2 is 2.50 bits per heavy atom. The Bertz CT molecular complexity index is 320. The third-order valence-corrected chi connectivity index (χ3v) is 1.89. The summed E-state index contributed by atoms with van der Waals surface area (Å²) in [5, 5.41) is 2.94. The number of nitrogens with two attached hydrogens (primary N) is 1. The molecule has 6 nitrogen and oxygen atoms in total. The van der Waals surface area contributed by atoms with Crippen LogP contribution in [-0.2, 0) is 4.74 Å². The highest BCUT2D eigenvalue weighted by Gasteiger charge is 1.99. The summed E-state index contributed by atoms with van der Waals surface area (Å²) >= 11 is 3.26. The van der Waals surface area contributed by atoms with E-state index in [-0.39, 0.29) is 6.61 Å². The van der Waals surface area contributed by atoms with Gasteiger partial charge in [0.2, 0.25) is 0 Å². The van der Waals surface area contributed by atoms with Crippen LogP contribution in [0.25, 0.3) is 0 Å². The van der Waals surface area contributed by atoms with Crippen molar-refractivity contribution in [2.75, 3.05) is 18.5 Å². The molecule has 1 heterocycles. The first kappa shape index (κ1) is 10.7. The van der Waals surface area contributed by atoms with E-state index in [4.69, 9.17) is 5.73 Å². The lowest BCUT2D eigenvalue weighted by Gasteiger charge is -2.05. The Hall–Kier alpha value is -1.37. The summed E-state index contributed by atoms with van der Waals surface area (Å²) in [5.41, 5.74) is 4.78. The number of primary amides is 1. The molecule has 14 heavy (non-hydrogen) atoms. The van der Waals surface area contributed by atoms with E-state index in [2.05, 4.69) is 36.0 Å². The number of rotatable bonds is 4. The van der Waals surface area contributed by atoms with E-state index in [1.54, 1.807) is 6.20 Å². The van der Waals surface area contributed by atoms with E-state index in [9.17, 15) is 4.79 Å². The summed E-state index contributed by atoms with van der Waals surface area (Å²) in [4.78, 5) is 18.0. The fraction of sp³-hybridized carbons (Fsp3) is 0.286. The molecule has 0 saturated carbocycles. The first-order chi connectivity index (χ1) is 6.70. The number of hydrogen-bond acceptors (Lipinski definition) is 5. The van der Waals surface area contributed by atoms with Crippen molar-refractivity contribution < 1.29 is 9.53 Å². The number of carbonyl (C=O) groups is 1. The van der Waals surface area contributed by atoms with E-state index in [0.29, 0.717) is 12.4 Å². The zero-order valence-electron chi connectivity index (χ0n) is 7.24. The second-order valence-electron chi connectivity index (χ2n) is 2.31. The molecule has 1 aromatic heterocycles. The number of halogens is 1. The normalized spacial score (nSPS) is 9.50. The maximum absolute atomic E-state index is 10.2. The summed E-state index contributed by atoms with van der Waals surface area (Å²) in [6.07, 6.45) is 2.25. The van der Waals surface area contributed by atoms with Crippen LogP contribution in [0.2, 0.25) is 0 Å². The van der Waals surface area contributed by atoms with Crippen molar-refractivity contribution in [3.63, 3.8) is 0 Å². The zero-order valence-corrected chi connectivity index (χ0v) is 8.82. The van der Waals surface area contributed by atoms with Gasteiger partial charge < -0.3 is 15.8 Å². The standard InChI is InChI=1S/C7H9BrN4O2/c8-5-3-10-4-12-6(5)11-1-2-14-7(9)13/h3-4H,1-2H2,(H2,9,13)(H,10,11,12). The van der Waals surface area contributed by atoms with Crippen molar-refractivity contribution in [1.82, 2.24) is 9.97 Å². The van der Waals surface area contributed by atoms with Gasteiger partial charge in [-0.3, -0.25) is 0 Å². The lowest BCUT2D eigenvalue weighted by atomic mass is 10.5. The largest absolute Gasteiger partial charge is 0.448 e. The molecule has 0 aliphatic carbocycles. The van der Waals surface area contributed by atoms with Crippen molar-refractivity contribution in [3.05, 3.63) is 17.0 Å². The number of ether oxygens (including phenoxy) is 1. The highest BCUT2D eigenvalue weighted by Crippen LogP contribution is 2.16. The van der Waals surface area contributed by atoms with Gasteiger partial charge in [-0.05, 0) is 15.9 Å². The average molecular weight is 261 g/mol. The first-order valence-corrected chi connectivity index (χ1v) is 4.61. The van der Waals surface area contributed by atoms with Crippen molar-refractivity contribution in [2.24, 2.45) is 5.73 Å². The van der Waals surface area contributed by atoms with Crippen LogP contribution in [0.5, 0.6) is 0 Å². The number of nitrogens with zero attached hydrogens (tertiary/aromatic N) is 2. The van der Waals surface area contributed by atoms with Crippen molar-refractivity contribution >= 4 is 27.8 Å². The molecule has 1 rings (SSSR count). The van der Waals surface area contributed by atoms with E-state index in [1.807, 2.05) is 0 Å². The third kappa shape index (κ3) is 3.56. The Kier molecular flexibility index (Phi) is 4.11. The van der Waals surface area contributed by atoms with Gasteiger partial charge >= 0.3 is 6.09 Å². The predicted molar refractivity (Wildman–Crippen MR) is 53.8 cm³/mol. The smallest absolute Gasteiger partial charge is 0.404 e. The maximum atomic E-state index is 10.2. The van der Waals surface area contributed by atoms with Crippen LogP contribution in [-0.4, -0.2) is 29.2 Å². The monoisotopic (exact) mass is 260 g/mol. The summed E-state index contributed by atoms with van der Waals surface area (Å²) < 4.78 is 5.27. The fourth-order valence-electron chi connectivity index (χ4n) is 0.764. The second-order valence-corrected chi connectivity index (χ2v) is 3.17.